The van der Waals surface area contributed by atoms with E-state index in [4.69, 9.17) is 4.74 Å². The van der Waals surface area contributed by atoms with Gasteiger partial charge < -0.3 is 19.9 Å². The van der Waals surface area contributed by atoms with E-state index in [-0.39, 0.29) is 12.4 Å². The van der Waals surface area contributed by atoms with Crippen molar-refractivity contribution in [2.24, 2.45) is 7.05 Å². The molecular weight excluding hydrogens is 455 g/mol. The van der Waals surface area contributed by atoms with E-state index in [1.165, 1.54) is 6.33 Å². The maximum atomic E-state index is 16.2. The summed E-state index contributed by atoms with van der Waals surface area (Å²) in [6, 6.07) is 13.6. The Morgan fingerprint density at radius 1 is 1.14 bits per heavy atom. The lowest BCUT2D eigenvalue weighted by atomic mass is 9.93. The molecule has 1 unspecified atom stereocenters. The van der Waals surface area contributed by atoms with E-state index in [0.717, 1.165) is 44.8 Å². The summed E-state index contributed by atoms with van der Waals surface area (Å²) in [5.74, 6) is 0.701. The molecule has 1 aromatic carbocycles. The standard InChI is InChI=1S/C28H25FN6O/c1-16-6-4-9-22(34-16)36-21-8-5-7-19-20(25(21)29)14-31-27-24-23(19)26(35(3)28(24)33-15-32-27)17-10-12-18(30-2)13-11-17/h4-13,15,21,30H,14H2,1-3H3,(H,31,32,33). The van der Waals surface area contributed by atoms with Crippen molar-refractivity contribution in [1.82, 2.24) is 19.5 Å². The van der Waals surface area contributed by atoms with Gasteiger partial charge in [0.25, 0.3) is 0 Å². The van der Waals surface area contributed by atoms with Crippen LogP contribution in [0.3, 0.4) is 0 Å². The van der Waals surface area contributed by atoms with Crippen LogP contribution >= 0.6 is 0 Å². The zero-order valence-corrected chi connectivity index (χ0v) is 20.2. The van der Waals surface area contributed by atoms with Gasteiger partial charge in [0.2, 0.25) is 5.88 Å². The zero-order chi connectivity index (χ0) is 24.8. The Hall–Kier alpha value is -4.46. The summed E-state index contributed by atoms with van der Waals surface area (Å²) in [4.78, 5) is 13.5. The smallest absolute Gasteiger partial charge is 0.214 e. The molecular formula is C28H25FN6O. The van der Waals surface area contributed by atoms with E-state index >= 15 is 4.39 Å². The summed E-state index contributed by atoms with van der Waals surface area (Å²) in [5.41, 5.74) is 6.76. The molecule has 4 aromatic rings. The normalized spacial score (nSPS) is 16.7. The van der Waals surface area contributed by atoms with Crippen molar-refractivity contribution in [3.05, 3.63) is 89.7 Å². The molecule has 1 aliphatic carbocycles. The number of anilines is 2. The lowest BCUT2D eigenvalue weighted by Gasteiger charge is -2.18. The Kier molecular flexibility index (Phi) is 5.29. The molecule has 6 rings (SSSR count). The number of hydrogen-bond acceptors (Lipinski definition) is 6. The Bertz CT molecular complexity index is 1580. The molecule has 3 aromatic heterocycles. The van der Waals surface area contributed by atoms with Crippen molar-refractivity contribution < 1.29 is 9.13 Å². The van der Waals surface area contributed by atoms with Gasteiger partial charge in [-0.3, -0.25) is 0 Å². The second-order valence-electron chi connectivity index (χ2n) is 8.83. The maximum absolute atomic E-state index is 16.2. The number of ether oxygens (including phenoxy) is 1. The minimum atomic E-state index is -0.894. The topological polar surface area (TPSA) is 76.9 Å². The summed E-state index contributed by atoms with van der Waals surface area (Å²) >= 11 is 0. The number of aromatic nitrogens is 4. The molecule has 36 heavy (non-hydrogen) atoms. The highest BCUT2D eigenvalue weighted by Crippen LogP contribution is 2.45. The average molecular weight is 481 g/mol. The molecule has 1 aliphatic heterocycles. The fourth-order valence-electron chi connectivity index (χ4n) is 4.91. The molecule has 0 bridgehead atoms. The fraction of sp³-hybridized carbons (Fsp3) is 0.179. The highest BCUT2D eigenvalue weighted by atomic mass is 19.1. The summed E-state index contributed by atoms with van der Waals surface area (Å²) in [7, 11) is 3.87. The van der Waals surface area contributed by atoms with Crippen molar-refractivity contribution >= 4 is 28.1 Å². The first-order chi connectivity index (χ1) is 17.5. The largest absolute Gasteiger partial charge is 0.463 e. The van der Waals surface area contributed by atoms with Crippen LogP contribution in [0.1, 0.15) is 11.3 Å². The fourth-order valence-corrected chi connectivity index (χ4v) is 4.91. The van der Waals surface area contributed by atoms with Crippen molar-refractivity contribution in [1.29, 1.82) is 0 Å². The third-order valence-electron chi connectivity index (χ3n) is 6.64. The first-order valence-corrected chi connectivity index (χ1v) is 11.8. The summed E-state index contributed by atoms with van der Waals surface area (Å²) in [6.07, 6.45) is 6.17. The molecule has 1 atom stereocenters. The Morgan fingerprint density at radius 3 is 2.75 bits per heavy atom. The van der Waals surface area contributed by atoms with Crippen LogP contribution < -0.4 is 15.4 Å². The minimum absolute atomic E-state index is 0.267. The van der Waals surface area contributed by atoms with Gasteiger partial charge in [0, 0.05) is 49.2 Å². The zero-order valence-electron chi connectivity index (χ0n) is 20.2. The van der Waals surface area contributed by atoms with Gasteiger partial charge in [-0.05, 0) is 42.3 Å². The van der Waals surface area contributed by atoms with Crippen LogP contribution in [-0.2, 0) is 7.05 Å². The Labute approximate surface area is 208 Å². The lowest BCUT2D eigenvalue weighted by Crippen LogP contribution is -2.18. The van der Waals surface area contributed by atoms with Gasteiger partial charge in [-0.1, -0.05) is 30.4 Å². The molecule has 0 radical (unpaired) electrons. The average Bonchev–Trinajstić information content (AvgIpc) is 2.99. The number of halogens is 1. The van der Waals surface area contributed by atoms with E-state index in [2.05, 4.69) is 37.7 Å². The molecule has 4 heterocycles. The van der Waals surface area contributed by atoms with Crippen molar-refractivity contribution in [3.8, 4) is 17.1 Å². The van der Waals surface area contributed by atoms with Crippen LogP contribution in [0.5, 0.6) is 5.88 Å². The SMILES string of the molecule is CNc1ccc(-c2c3c4c(ncnc4n2C)NCC2=C(F)C(Oc4cccc(C)n4)C=CC=C23)cc1. The molecule has 0 saturated heterocycles. The van der Waals surface area contributed by atoms with Gasteiger partial charge in [-0.15, -0.1) is 0 Å². The molecule has 0 saturated carbocycles. The van der Waals surface area contributed by atoms with Gasteiger partial charge in [-0.2, -0.15) is 0 Å². The lowest BCUT2D eigenvalue weighted by molar-refractivity contribution is 0.241. The first kappa shape index (κ1) is 22.0. The van der Waals surface area contributed by atoms with E-state index in [9.17, 15) is 0 Å². The molecule has 180 valence electrons. The van der Waals surface area contributed by atoms with Gasteiger partial charge in [0.1, 0.15) is 17.8 Å². The molecule has 2 N–H and O–H groups in total. The molecule has 0 amide bonds. The van der Waals surface area contributed by atoms with Crippen LogP contribution in [0.2, 0.25) is 0 Å². The van der Waals surface area contributed by atoms with Gasteiger partial charge in [0.15, 0.2) is 11.9 Å². The molecule has 0 spiro atoms. The number of fused-ring (bicyclic) bond motifs is 2. The number of hydrogen-bond donors (Lipinski definition) is 2. The Morgan fingerprint density at radius 2 is 1.97 bits per heavy atom. The molecule has 2 aliphatic rings. The van der Waals surface area contributed by atoms with Gasteiger partial charge in [-0.25, -0.2) is 19.3 Å². The predicted molar refractivity (Wildman–Crippen MR) is 141 cm³/mol. The highest BCUT2D eigenvalue weighted by molar-refractivity contribution is 6.09. The van der Waals surface area contributed by atoms with E-state index in [1.807, 2.05) is 62.0 Å². The molecule has 7 nitrogen and oxygen atoms in total. The highest BCUT2D eigenvalue weighted by Gasteiger charge is 2.32. The summed E-state index contributed by atoms with van der Waals surface area (Å²) in [6.45, 7) is 2.14. The van der Waals surface area contributed by atoms with E-state index in [0.29, 0.717) is 17.3 Å². The first-order valence-electron chi connectivity index (χ1n) is 11.8. The summed E-state index contributed by atoms with van der Waals surface area (Å²) < 4.78 is 24.2. The van der Waals surface area contributed by atoms with E-state index in [1.54, 1.807) is 12.1 Å². The number of nitrogens with zero attached hydrogens (tertiary/aromatic N) is 4. The van der Waals surface area contributed by atoms with Gasteiger partial charge >= 0.3 is 0 Å². The second kappa shape index (κ2) is 8.64. The predicted octanol–water partition coefficient (Wildman–Crippen LogP) is 5.43. The third-order valence-corrected chi connectivity index (χ3v) is 6.64. The number of rotatable bonds is 4. The monoisotopic (exact) mass is 480 g/mol. The molecule has 8 heteroatoms. The number of benzene rings is 1. The maximum Gasteiger partial charge on any atom is 0.214 e. The molecule has 0 fully saturated rings. The van der Waals surface area contributed by atoms with Crippen LogP contribution in [0.4, 0.5) is 15.9 Å². The van der Waals surface area contributed by atoms with Crippen molar-refractivity contribution in [2.45, 2.75) is 13.0 Å². The van der Waals surface area contributed by atoms with Crippen LogP contribution in [-0.4, -0.2) is 39.2 Å². The van der Waals surface area contributed by atoms with E-state index < -0.39 is 6.10 Å². The summed E-state index contributed by atoms with van der Waals surface area (Å²) in [5, 5.41) is 7.37. The number of nitrogens with one attached hydrogen (secondary N) is 2. The number of allylic oxidation sites excluding steroid dienone is 2. The van der Waals surface area contributed by atoms with Gasteiger partial charge in [0.05, 0.1) is 11.1 Å². The van der Waals surface area contributed by atoms with Crippen LogP contribution in [0.15, 0.2) is 78.4 Å². The Balaban J connectivity index is 1.54. The van der Waals surface area contributed by atoms with Crippen LogP contribution in [0.25, 0.3) is 27.9 Å². The second-order valence-corrected chi connectivity index (χ2v) is 8.83. The van der Waals surface area contributed by atoms with Crippen molar-refractivity contribution in [3.63, 3.8) is 0 Å². The van der Waals surface area contributed by atoms with Crippen molar-refractivity contribution in [2.75, 3.05) is 24.2 Å². The number of pyridine rings is 1. The van der Waals surface area contributed by atoms with Crippen LogP contribution in [0, 0.1) is 6.92 Å². The quantitative estimate of drug-likeness (QED) is 0.406. The third kappa shape index (κ3) is 3.53. The number of aryl methyl sites for hydroxylation is 2. The minimum Gasteiger partial charge on any atom is -0.463 e.